The van der Waals surface area contributed by atoms with Crippen molar-refractivity contribution in [2.45, 2.75) is 0 Å². The number of nitrogens with one attached hydrogen (secondary N) is 1. The van der Waals surface area contributed by atoms with Gasteiger partial charge in [-0.1, -0.05) is 0 Å². The number of hydrogen-bond acceptors (Lipinski definition) is 3. The van der Waals surface area contributed by atoms with E-state index >= 15 is 0 Å². The number of nitrogens with two attached hydrogens (primary N) is 2. The summed E-state index contributed by atoms with van der Waals surface area (Å²) in [6.45, 7) is 0. The molecule has 5 N–H and O–H groups in total. The van der Waals surface area contributed by atoms with E-state index in [1.54, 1.807) is 6.07 Å². The van der Waals surface area contributed by atoms with Crippen LogP contribution >= 0.6 is 0 Å². The first kappa shape index (κ1) is 6.74. The summed E-state index contributed by atoms with van der Waals surface area (Å²) < 4.78 is 0. The quantitative estimate of drug-likeness (QED) is 0.504. The maximum absolute atomic E-state index is 5.52. The van der Waals surface area contributed by atoms with E-state index in [1.807, 2.05) is 19.2 Å². The third-order valence-electron chi connectivity index (χ3n) is 1.27. The molecule has 1 aromatic carbocycles. The van der Waals surface area contributed by atoms with Crippen LogP contribution in [-0.2, 0) is 0 Å². The van der Waals surface area contributed by atoms with Gasteiger partial charge in [-0.15, -0.1) is 0 Å². The van der Waals surface area contributed by atoms with Gasteiger partial charge in [0.2, 0.25) is 0 Å². The second-order valence-electron chi connectivity index (χ2n) is 2.14. The van der Waals surface area contributed by atoms with Gasteiger partial charge in [0.15, 0.2) is 0 Å². The Morgan fingerprint density at radius 1 is 1.10 bits per heavy atom. The van der Waals surface area contributed by atoms with Crippen molar-refractivity contribution in [1.82, 2.24) is 0 Å². The molecule has 3 heteroatoms. The number of anilines is 3. The minimum Gasteiger partial charge on any atom is -0.399 e. The van der Waals surface area contributed by atoms with Crippen molar-refractivity contribution < 1.29 is 0 Å². The van der Waals surface area contributed by atoms with Gasteiger partial charge in [0.1, 0.15) is 0 Å². The molecule has 0 spiro atoms. The standard InChI is InChI=1S/C7H11N3/c1-10-7-3-5(8)2-6(9)4-7/h2-4,10H,8-9H2,1H3. The molecular weight excluding hydrogens is 126 g/mol. The molecule has 0 heterocycles. The molecule has 0 aliphatic carbocycles. The van der Waals surface area contributed by atoms with Crippen molar-refractivity contribution in [2.24, 2.45) is 0 Å². The SMILES string of the molecule is CNc1cc(N)cc(N)c1. The van der Waals surface area contributed by atoms with Crippen molar-refractivity contribution in [2.75, 3.05) is 23.8 Å². The first-order valence-electron chi connectivity index (χ1n) is 3.06. The lowest BCUT2D eigenvalue weighted by Crippen LogP contribution is -1.94. The highest BCUT2D eigenvalue weighted by atomic mass is 14.8. The van der Waals surface area contributed by atoms with E-state index in [2.05, 4.69) is 5.32 Å². The zero-order valence-electron chi connectivity index (χ0n) is 5.89. The smallest absolute Gasteiger partial charge is 0.0378 e. The molecule has 3 nitrogen and oxygen atoms in total. The van der Waals surface area contributed by atoms with E-state index in [9.17, 15) is 0 Å². The van der Waals surface area contributed by atoms with Gasteiger partial charge in [0.05, 0.1) is 0 Å². The summed E-state index contributed by atoms with van der Waals surface area (Å²) in [6.07, 6.45) is 0. The second-order valence-corrected chi connectivity index (χ2v) is 2.14. The van der Waals surface area contributed by atoms with Crippen molar-refractivity contribution in [1.29, 1.82) is 0 Å². The molecule has 54 valence electrons. The number of hydrogen-bond donors (Lipinski definition) is 3. The lowest BCUT2D eigenvalue weighted by Gasteiger charge is -2.02. The summed E-state index contributed by atoms with van der Waals surface area (Å²) in [7, 11) is 1.83. The van der Waals surface area contributed by atoms with Gasteiger partial charge in [-0.25, -0.2) is 0 Å². The van der Waals surface area contributed by atoms with Gasteiger partial charge in [0.25, 0.3) is 0 Å². The Kier molecular flexibility index (Phi) is 1.67. The maximum atomic E-state index is 5.52. The summed E-state index contributed by atoms with van der Waals surface area (Å²) in [6, 6.07) is 5.38. The molecule has 0 aliphatic rings. The molecule has 0 unspecified atom stereocenters. The fraction of sp³-hybridized carbons (Fsp3) is 0.143. The number of rotatable bonds is 1. The predicted octanol–water partition coefficient (Wildman–Crippen LogP) is 0.893. The maximum Gasteiger partial charge on any atom is 0.0378 e. The Balaban J connectivity index is 3.06. The summed E-state index contributed by atoms with van der Waals surface area (Å²) in [4.78, 5) is 0. The summed E-state index contributed by atoms with van der Waals surface area (Å²) in [5.74, 6) is 0. The summed E-state index contributed by atoms with van der Waals surface area (Å²) >= 11 is 0. The van der Waals surface area contributed by atoms with E-state index < -0.39 is 0 Å². The fourth-order valence-corrected chi connectivity index (χ4v) is 0.821. The van der Waals surface area contributed by atoms with Crippen LogP contribution in [0.25, 0.3) is 0 Å². The molecule has 0 aliphatic heterocycles. The topological polar surface area (TPSA) is 64.1 Å². The van der Waals surface area contributed by atoms with Gasteiger partial charge in [0, 0.05) is 24.1 Å². The second kappa shape index (κ2) is 2.47. The minimum absolute atomic E-state index is 0.685. The van der Waals surface area contributed by atoms with Gasteiger partial charge >= 0.3 is 0 Å². The van der Waals surface area contributed by atoms with Gasteiger partial charge in [-0.05, 0) is 18.2 Å². The highest BCUT2D eigenvalue weighted by Gasteiger charge is 1.91. The molecule has 0 atom stereocenters. The lowest BCUT2D eigenvalue weighted by atomic mass is 10.2. The summed E-state index contributed by atoms with van der Waals surface area (Å²) in [5, 5.41) is 2.95. The molecule has 0 amide bonds. The highest BCUT2D eigenvalue weighted by Crippen LogP contribution is 2.16. The molecular formula is C7H11N3. The van der Waals surface area contributed by atoms with Crippen LogP contribution in [0.2, 0.25) is 0 Å². The third kappa shape index (κ3) is 1.31. The lowest BCUT2D eigenvalue weighted by molar-refractivity contribution is 1.51. The zero-order valence-corrected chi connectivity index (χ0v) is 5.89. The molecule has 0 aromatic heterocycles. The molecule has 10 heavy (non-hydrogen) atoms. The molecule has 0 fully saturated rings. The Morgan fingerprint density at radius 2 is 1.60 bits per heavy atom. The van der Waals surface area contributed by atoms with E-state index in [4.69, 9.17) is 11.5 Å². The van der Waals surface area contributed by atoms with Gasteiger partial charge < -0.3 is 16.8 Å². The number of nitrogen functional groups attached to an aromatic ring is 2. The van der Waals surface area contributed by atoms with E-state index in [-0.39, 0.29) is 0 Å². The Hall–Kier alpha value is -1.38. The fourth-order valence-electron chi connectivity index (χ4n) is 0.821. The van der Waals surface area contributed by atoms with E-state index in [1.165, 1.54) is 0 Å². The predicted molar refractivity (Wildman–Crippen MR) is 44.8 cm³/mol. The molecule has 0 radical (unpaired) electrons. The molecule has 1 rings (SSSR count). The van der Waals surface area contributed by atoms with E-state index in [0.29, 0.717) is 11.4 Å². The normalized spacial score (nSPS) is 9.30. The molecule has 0 bridgehead atoms. The monoisotopic (exact) mass is 137 g/mol. The molecule has 1 aromatic rings. The van der Waals surface area contributed by atoms with Crippen LogP contribution in [0, 0.1) is 0 Å². The van der Waals surface area contributed by atoms with Crippen molar-refractivity contribution >= 4 is 17.1 Å². The van der Waals surface area contributed by atoms with Crippen LogP contribution in [0.3, 0.4) is 0 Å². The molecule has 0 saturated carbocycles. The van der Waals surface area contributed by atoms with Crippen molar-refractivity contribution in [3.8, 4) is 0 Å². The average Bonchev–Trinajstić information content (AvgIpc) is 1.85. The first-order chi connectivity index (χ1) is 4.72. The van der Waals surface area contributed by atoms with Crippen LogP contribution in [0.15, 0.2) is 18.2 Å². The Bertz CT molecular complexity index is 212. The highest BCUT2D eigenvalue weighted by molar-refractivity contribution is 5.63. The average molecular weight is 137 g/mol. The van der Waals surface area contributed by atoms with Crippen LogP contribution in [0.4, 0.5) is 17.1 Å². The van der Waals surface area contributed by atoms with Crippen LogP contribution in [-0.4, -0.2) is 7.05 Å². The number of benzene rings is 1. The Morgan fingerprint density at radius 3 is 2.00 bits per heavy atom. The third-order valence-corrected chi connectivity index (χ3v) is 1.27. The summed E-state index contributed by atoms with van der Waals surface area (Å²) in [5.41, 5.74) is 13.3. The molecule has 0 saturated heterocycles. The van der Waals surface area contributed by atoms with Crippen molar-refractivity contribution in [3.63, 3.8) is 0 Å². The van der Waals surface area contributed by atoms with Crippen LogP contribution in [0.5, 0.6) is 0 Å². The van der Waals surface area contributed by atoms with Gasteiger partial charge in [-0.2, -0.15) is 0 Å². The largest absolute Gasteiger partial charge is 0.399 e. The Labute approximate surface area is 60.0 Å². The zero-order chi connectivity index (χ0) is 7.56. The van der Waals surface area contributed by atoms with E-state index in [0.717, 1.165) is 5.69 Å². The van der Waals surface area contributed by atoms with Gasteiger partial charge in [-0.3, -0.25) is 0 Å². The van der Waals surface area contributed by atoms with Crippen LogP contribution in [0.1, 0.15) is 0 Å². The first-order valence-corrected chi connectivity index (χ1v) is 3.06. The minimum atomic E-state index is 0.685. The van der Waals surface area contributed by atoms with Crippen molar-refractivity contribution in [3.05, 3.63) is 18.2 Å². The van der Waals surface area contributed by atoms with Crippen LogP contribution < -0.4 is 16.8 Å².